The van der Waals surface area contributed by atoms with Gasteiger partial charge >= 0.3 is 0 Å². The number of hydrogen-bond donors (Lipinski definition) is 1. The molecule has 0 radical (unpaired) electrons. The van der Waals surface area contributed by atoms with Crippen LogP contribution in [-0.4, -0.2) is 9.97 Å². The van der Waals surface area contributed by atoms with E-state index < -0.39 is 0 Å². The zero-order valence-corrected chi connectivity index (χ0v) is 9.04. The fourth-order valence-electron chi connectivity index (χ4n) is 2.32. The molecule has 3 nitrogen and oxygen atoms in total. The number of aromatic nitrogens is 2. The van der Waals surface area contributed by atoms with Crippen molar-refractivity contribution in [3.63, 3.8) is 0 Å². The van der Waals surface area contributed by atoms with Crippen molar-refractivity contribution < 1.29 is 0 Å². The minimum atomic E-state index is -0.0259. The fraction of sp³-hybridized carbons (Fsp3) is 0.667. The van der Waals surface area contributed by atoms with Crippen LogP contribution in [0.15, 0.2) is 17.1 Å². The Morgan fingerprint density at radius 2 is 1.80 bits per heavy atom. The van der Waals surface area contributed by atoms with Crippen LogP contribution in [0.5, 0.6) is 0 Å². The molecule has 15 heavy (non-hydrogen) atoms. The molecular weight excluding hydrogens is 188 g/mol. The Kier molecular flexibility index (Phi) is 3.54. The van der Waals surface area contributed by atoms with Crippen molar-refractivity contribution in [2.24, 2.45) is 0 Å². The van der Waals surface area contributed by atoms with Crippen LogP contribution in [0.25, 0.3) is 0 Å². The average Bonchev–Trinajstić information content (AvgIpc) is 2.16. The lowest BCUT2D eigenvalue weighted by atomic mass is 9.90. The van der Waals surface area contributed by atoms with Crippen molar-refractivity contribution >= 4 is 0 Å². The highest BCUT2D eigenvalue weighted by molar-refractivity contribution is 4.97. The summed E-state index contributed by atoms with van der Waals surface area (Å²) in [6, 6.07) is 1.48. The van der Waals surface area contributed by atoms with Crippen molar-refractivity contribution in [1.82, 2.24) is 9.97 Å². The molecular formula is C12H18N2O. The first-order valence-corrected chi connectivity index (χ1v) is 5.91. The van der Waals surface area contributed by atoms with Gasteiger partial charge in [-0.15, -0.1) is 0 Å². The topological polar surface area (TPSA) is 45.8 Å². The first kappa shape index (κ1) is 10.4. The molecule has 0 saturated heterocycles. The number of aromatic amines is 1. The van der Waals surface area contributed by atoms with Crippen LogP contribution >= 0.6 is 0 Å². The first-order chi connectivity index (χ1) is 7.36. The second-order valence-corrected chi connectivity index (χ2v) is 4.36. The predicted octanol–water partition coefficient (Wildman–Crippen LogP) is 2.60. The minimum Gasteiger partial charge on any atom is -0.310 e. The number of hydrogen-bond acceptors (Lipinski definition) is 2. The number of nitrogens with one attached hydrogen (secondary N) is 1. The smallest absolute Gasteiger partial charge is 0.250 e. The Morgan fingerprint density at radius 3 is 2.47 bits per heavy atom. The standard InChI is InChI=1S/C12H18N2O/c15-11-8-9-13-12(14-11)10-6-4-2-1-3-5-7-10/h8-10H,1-7H2,(H,13,14,15). The second-order valence-electron chi connectivity index (χ2n) is 4.36. The molecule has 1 fully saturated rings. The van der Waals surface area contributed by atoms with Crippen LogP contribution in [0, 0.1) is 0 Å². The van der Waals surface area contributed by atoms with E-state index in [1.807, 2.05) is 0 Å². The van der Waals surface area contributed by atoms with E-state index in [0.29, 0.717) is 5.92 Å². The van der Waals surface area contributed by atoms with Gasteiger partial charge in [-0.1, -0.05) is 32.1 Å². The lowest BCUT2D eigenvalue weighted by Crippen LogP contribution is -2.13. The highest BCUT2D eigenvalue weighted by atomic mass is 16.1. The van der Waals surface area contributed by atoms with Crippen LogP contribution in [0.4, 0.5) is 0 Å². The Hall–Kier alpha value is -1.12. The molecule has 3 heteroatoms. The Labute approximate surface area is 89.9 Å². The van der Waals surface area contributed by atoms with Crippen molar-refractivity contribution in [3.05, 3.63) is 28.4 Å². The summed E-state index contributed by atoms with van der Waals surface area (Å²) >= 11 is 0. The van der Waals surface area contributed by atoms with Crippen LogP contribution in [-0.2, 0) is 0 Å². The molecule has 1 saturated carbocycles. The van der Waals surface area contributed by atoms with E-state index in [1.54, 1.807) is 6.20 Å². The maximum absolute atomic E-state index is 11.2. The molecule has 0 spiro atoms. The van der Waals surface area contributed by atoms with Gasteiger partial charge in [-0.3, -0.25) is 4.79 Å². The van der Waals surface area contributed by atoms with Crippen molar-refractivity contribution in [3.8, 4) is 0 Å². The molecule has 2 rings (SSSR count). The average molecular weight is 206 g/mol. The van der Waals surface area contributed by atoms with E-state index in [-0.39, 0.29) is 5.56 Å². The molecule has 1 aromatic heterocycles. The van der Waals surface area contributed by atoms with E-state index in [2.05, 4.69) is 9.97 Å². The molecule has 0 aliphatic heterocycles. The quantitative estimate of drug-likeness (QED) is 0.767. The van der Waals surface area contributed by atoms with E-state index in [9.17, 15) is 4.79 Å². The van der Waals surface area contributed by atoms with Gasteiger partial charge in [0.05, 0.1) is 0 Å². The highest BCUT2D eigenvalue weighted by Gasteiger charge is 2.15. The largest absolute Gasteiger partial charge is 0.310 e. The number of rotatable bonds is 1. The third kappa shape index (κ3) is 2.91. The lowest BCUT2D eigenvalue weighted by Gasteiger charge is -2.18. The van der Waals surface area contributed by atoms with Gasteiger partial charge in [0.2, 0.25) is 0 Å². The highest BCUT2D eigenvalue weighted by Crippen LogP contribution is 2.27. The molecule has 0 atom stereocenters. The van der Waals surface area contributed by atoms with Gasteiger partial charge in [-0.05, 0) is 12.8 Å². The summed E-state index contributed by atoms with van der Waals surface area (Å²) in [5.41, 5.74) is -0.0259. The summed E-state index contributed by atoms with van der Waals surface area (Å²) in [5.74, 6) is 1.36. The molecule has 0 aromatic carbocycles. The maximum atomic E-state index is 11.2. The summed E-state index contributed by atoms with van der Waals surface area (Å²) in [6.07, 6.45) is 10.5. The molecule has 0 amide bonds. The molecule has 1 aromatic rings. The van der Waals surface area contributed by atoms with Gasteiger partial charge in [0, 0.05) is 18.2 Å². The third-order valence-electron chi connectivity index (χ3n) is 3.18. The Morgan fingerprint density at radius 1 is 1.13 bits per heavy atom. The van der Waals surface area contributed by atoms with Crippen molar-refractivity contribution in [1.29, 1.82) is 0 Å². The van der Waals surface area contributed by atoms with Crippen LogP contribution in [0.1, 0.15) is 56.7 Å². The lowest BCUT2D eigenvalue weighted by molar-refractivity contribution is 0.441. The minimum absolute atomic E-state index is 0.0259. The number of H-pyrrole nitrogens is 1. The summed E-state index contributed by atoms with van der Waals surface area (Å²) in [6.45, 7) is 0. The molecule has 0 unspecified atom stereocenters. The van der Waals surface area contributed by atoms with Crippen LogP contribution in [0.2, 0.25) is 0 Å². The van der Waals surface area contributed by atoms with E-state index >= 15 is 0 Å². The molecule has 1 N–H and O–H groups in total. The third-order valence-corrected chi connectivity index (χ3v) is 3.18. The zero-order chi connectivity index (χ0) is 10.5. The molecule has 1 heterocycles. The van der Waals surface area contributed by atoms with Crippen LogP contribution in [0.3, 0.4) is 0 Å². The summed E-state index contributed by atoms with van der Waals surface area (Å²) < 4.78 is 0. The van der Waals surface area contributed by atoms with Gasteiger partial charge in [0.1, 0.15) is 5.82 Å². The molecule has 1 aliphatic rings. The monoisotopic (exact) mass is 206 g/mol. The molecule has 0 bridgehead atoms. The molecule has 1 aliphatic carbocycles. The number of nitrogens with zero attached hydrogens (tertiary/aromatic N) is 1. The summed E-state index contributed by atoms with van der Waals surface area (Å²) in [4.78, 5) is 18.3. The predicted molar refractivity (Wildman–Crippen MR) is 59.9 cm³/mol. The normalized spacial score (nSPS) is 19.5. The van der Waals surface area contributed by atoms with Crippen molar-refractivity contribution in [2.45, 2.75) is 50.9 Å². The summed E-state index contributed by atoms with van der Waals surface area (Å²) in [7, 11) is 0. The van der Waals surface area contributed by atoms with Gasteiger partial charge < -0.3 is 4.98 Å². The Bertz CT molecular complexity index is 351. The second kappa shape index (κ2) is 5.10. The van der Waals surface area contributed by atoms with Gasteiger partial charge in [-0.25, -0.2) is 4.98 Å². The fourth-order valence-corrected chi connectivity index (χ4v) is 2.32. The van der Waals surface area contributed by atoms with Crippen LogP contribution < -0.4 is 5.56 Å². The van der Waals surface area contributed by atoms with E-state index in [1.165, 1.54) is 51.0 Å². The SMILES string of the molecule is O=c1ccnc(C2CCCCCCC2)[nH]1. The molecule has 82 valence electrons. The van der Waals surface area contributed by atoms with Crippen molar-refractivity contribution in [2.75, 3.05) is 0 Å². The van der Waals surface area contributed by atoms with Gasteiger partial charge in [-0.2, -0.15) is 0 Å². The maximum Gasteiger partial charge on any atom is 0.250 e. The van der Waals surface area contributed by atoms with E-state index in [0.717, 1.165) is 5.82 Å². The Balaban J connectivity index is 2.10. The summed E-state index contributed by atoms with van der Waals surface area (Å²) in [5, 5.41) is 0. The van der Waals surface area contributed by atoms with E-state index in [4.69, 9.17) is 0 Å². The van der Waals surface area contributed by atoms with Gasteiger partial charge in [0.15, 0.2) is 0 Å². The van der Waals surface area contributed by atoms with Gasteiger partial charge in [0.25, 0.3) is 5.56 Å². The zero-order valence-electron chi connectivity index (χ0n) is 9.04. The first-order valence-electron chi connectivity index (χ1n) is 5.91.